The number of carbonyl (C=O) groups excluding carboxylic acids is 3. The predicted molar refractivity (Wildman–Crippen MR) is 128 cm³/mol. The Morgan fingerprint density at radius 1 is 1.03 bits per heavy atom. The van der Waals surface area contributed by atoms with E-state index in [1.54, 1.807) is 28.5 Å². The third kappa shape index (κ3) is 6.38. The lowest BCUT2D eigenvalue weighted by atomic mass is 9.81. The zero-order valence-corrected chi connectivity index (χ0v) is 20.6. The number of hydrogen-bond acceptors (Lipinski definition) is 8. The Morgan fingerprint density at radius 3 is 2.38 bits per heavy atom. The highest BCUT2D eigenvalue weighted by molar-refractivity contribution is 7.09. The van der Waals surface area contributed by atoms with E-state index in [-0.39, 0.29) is 23.1 Å². The first kappa shape index (κ1) is 24.3. The minimum absolute atomic E-state index is 0.122. The molecule has 0 bridgehead atoms. The third-order valence-corrected chi connectivity index (χ3v) is 7.07. The maximum absolute atomic E-state index is 12.5. The van der Waals surface area contributed by atoms with Crippen LogP contribution in [0.3, 0.4) is 0 Å². The van der Waals surface area contributed by atoms with Crippen LogP contribution in [0.4, 0.5) is 4.79 Å². The number of rotatable bonds is 7. The van der Waals surface area contributed by atoms with Gasteiger partial charge in [0.1, 0.15) is 0 Å². The summed E-state index contributed by atoms with van der Waals surface area (Å²) in [5.41, 5.74) is 0.602. The number of nitrogens with zero attached hydrogens (tertiary/aromatic N) is 5. The summed E-state index contributed by atoms with van der Waals surface area (Å²) in [6.07, 6.45) is 5.26. The van der Waals surface area contributed by atoms with Gasteiger partial charge in [-0.05, 0) is 17.4 Å². The van der Waals surface area contributed by atoms with Crippen LogP contribution < -0.4 is 4.74 Å². The van der Waals surface area contributed by atoms with Crippen LogP contribution in [0, 0.1) is 5.41 Å². The number of amides is 3. The Kier molecular flexibility index (Phi) is 7.57. The topological polar surface area (TPSA) is 95.9 Å². The van der Waals surface area contributed by atoms with Gasteiger partial charge in [0, 0.05) is 82.4 Å². The SMILES string of the molecule is CC1(C)CC(=O)N(CCc2ccc(OC(=O)N3CCN(CCc4nccs4)CC3)nc2)C(=O)C1. The van der Waals surface area contributed by atoms with E-state index in [0.29, 0.717) is 38.9 Å². The number of piperazine rings is 1. The Hall–Kier alpha value is -2.85. The maximum atomic E-state index is 12.5. The number of imide groups is 1. The first-order chi connectivity index (χ1) is 16.3. The highest BCUT2D eigenvalue weighted by Gasteiger charge is 2.37. The van der Waals surface area contributed by atoms with Crippen molar-refractivity contribution in [1.29, 1.82) is 0 Å². The average molecular weight is 486 g/mol. The van der Waals surface area contributed by atoms with E-state index in [2.05, 4.69) is 14.9 Å². The van der Waals surface area contributed by atoms with E-state index in [1.165, 1.54) is 4.90 Å². The van der Waals surface area contributed by atoms with Crippen molar-refractivity contribution in [1.82, 2.24) is 24.7 Å². The van der Waals surface area contributed by atoms with Gasteiger partial charge in [0.15, 0.2) is 0 Å². The monoisotopic (exact) mass is 485 g/mol. The van der Waals surface area contributed by atoms with Gasteiger partial charge >= 0.3 is 6.09 Å². The van der Waals surface area contributed by atoms with Crippen molar-refractivity contribution >= 4 is 29.2 Å². The molecule has 0 aliphatic carbocycles. The van der Waals surface area contributed by atoms with Crippen molar-refractivity contribution in [2.75, 3.05) is 39.3 Å². The minimum Gasteiger partial charge on any atom is -0.391 e. The summed E-state index contributed by atoms with van der Waals surface area (Å²) in [7, 11) is 0. The molecule has 2 saturated heterocycles. The molecule has 0 aromatic carbocycles. The largest absolute Gasteiger partial charge is 0.416 e. The van der Waals surface area contributed by atoms with Gasteiger partial charge in [-0.15, -0.1) is 11.3 Å². The standard InChI is InChI=1S/C24H31N5O4S/c1-24(2)15-21(30)29(22(31)16-24)9-5-18-3-4-19(26-17-18)33-23(32)28-12-10-27(11-13-28)8-6-20-25-7-14-34-20/h3-4,7,14,17H,5-6,8-13,15-16H2,1-2H3. The number of ether oxygens (including phenoxy) is 1. The quantitative estimate of drug-likeness (QED) is 0.556. The van der Waals surface area contributed by atoms with Gasteiger partial charge in [-0.3, -0.25) is 19.4 Å². The fourth-order valence-corrected chi connectivity index (χ4v) is 4.87. The summed E-state index contributed by atoms with van der Waals surface area (Å²) in [5, 5.41) is 3.12. The lowest BCUT2D eigenvalue weighted by Gasteiger charge is -2.34. The number of hydrogen-bond donors (Lipinski definition) is 0. The van der Waals surface area contributed by atoms with Gasteiger partial charge in [-0.25, -0.2) is 14.8 Å². The average Bonchev–Trinajstić information content (AvgIpc) is 3.31. The summed E-state index contributed by atoms with van der Waals surface area (Å²) < 4.78 is 5.44. The minimum atomic E-state index is -0.396. The zero-order chi connectivity index (χ0) is 24.1. The van der Waals surface area contributed by atoms with Crippen LogP contribution in [0.2, 0.25) is 0 Å². The van der Waals surface area contributed by atoms with Crippen molar-refractivity contribution in [2.45, 2.75) is 39.5 Å². The molecule has 0 unspecified atom stereocenters. The van der Waals surface area contributed by atoms with Crippen LogP contribution in [0.1, 0.15) is 37.3 Å². The fraction of sp³-hybridized carbons (Fsp3) is 0.542. The van der Waals surface area contributed by atoms with Gasteiger partial charge in [-0.1, -0.05) is 19.9 Å². The normalized spacial score (nSPS) is 18.9. The second-order valence-electron chi connectivity index (χ2n) is 9.58. The highest BCUT2D eigenvalue weighted by Crippen LogP contribution is 2.31. The first-order valence-corrected chi connectivity index (χ1v) is 12.5. The van der Waals surface area contributed by atoms with Crippen molar-refractivity contribution in [3.8, 4) is 5.88 Å². The van der Waals surface area contributed by atoms with Crippen LogP contribution in [0.15, 0.2) is 29.9 Å². The molecule has 2 aliphatic rings. The second-order valence-corrected chi connectivity index (χ2v) is 10.6. The first-order valence-electron chi connectivity index (χ1n) is 11.6. The molecule has 2 aliphatic heterocycles. The van der Waals surface area contributed by atoms with Crippen molar-refractivity contribution in [3.63, 3.8) is 0 Å². The number of aromatic nitrogens is 2. The number of piperidine rings is 1. The molecule has 0 radical (unpaired) electrons. The zero-order valence-electron chi connectivity index (χ0n) is 19.7. The molecule has 10 heteroatoms. The van der Waals surface area contributed by atoms with E-state index in [9.17, 15) is 14.4 Å². The lowest BCUT2D eigenvalue weighted by Crippen LogP contribution is -2.50. The summed E-state index contributed by atoms with van der Waals surface area (Å²) >= 11 is 1.67. The van der Waals surface area contributed by atoms with Gasteiger partial charge in [-0.2, -0.15) is 0 Å². The molecule has 182 valence electrons. The van der Waals surface area contributed by atoms with Gasteiger partial charge in [0.25, 0.3) is 0 Å². The number of likely N-dealkylation sites (tertiary alicyclic amines) is 1. The van der Waals surface area contributed by atoms with Crippen molar-refractivity contribution in [3.05, 3.63) is 40.5 Å². The summed E-state index contributed by atoms with van der Waals surface area (Å²) in [4.78, 5) is 51.0. The predicted octanol–water partition coefficient (Wildman–Crippen LogP) is 2.61. The molecule has 3 amide bonds. The van der Waals surface area contributed by atoms with Crippen LogP contribution in [-0.4, -0.2) is 81.8 Å². The van der Waals surface area contributed by atoms with Gasteiger partial charge < -0.3 is 9.64 Å². The van der Waals surface area contributed by atoms with Crippen molar-refractivity contribution < 1.29 is 19.1 Å². The Morgan fingerprint density at radius 2 is 1.76 bits per heavy atom. The third-order valence-electron chi connectivity index (χ3n) is 6.23. The summed E-state index contributed by atoms with van der Waals surface area (Å²) in [5.74, 6) is -0.00193. The molecule has 2 fully saturated rings. The van der Waals surface area contributed by atoms with Gasteiger partial charge in [0.05, 0.1) is 5.01 Å². The van der Waals surface area contributed by atoms with Crippen LogP contribution >= 0.6 is 11.3 Å². The molecule has 0 atom stereocenters. The van der Waals surface area contributed by atoms with E-state index in [4.69, 9.17) is 4.74 Å². The Labute approximate surface area is 203 Å². The molecule has 2 aromatic rings. The molecule has 34 heavy (non-hydrogen) atoms. The molecular weight excluding hydrogens is 454 g/mol. The molecule has 2 aromatic heterocycles. The molecule has 9 nitrogen and oxygen atoms in total. The molecule has 0 N–H and O–H groups in total. The lowest BCUT2D eigenvalue weighted by molar-refractivity contribution is -0.152. The van der Waals surface area contributed by atoms with E-state index < -0.39 is 6.09 Å². The summed E-state index contributed by atoms with van der Waals surface area (Å²) in [6.45, 7) is 7.98. The molecule has 0 saturated carbocycles. The second kappa shape index (κ2) is 10.6. The van der Waals surface area contributed by atoms with Crippen LogP contribution in [-0.2, 0) is 22.4 Å². The van der Waals surface area contributed by atoms with Gasteiger partial charge in [0.2, 0.25) is 17.7 Å². The Balaban J connectivity index is 1.20. The smallest absolute Gasteiger partial charge is 0.391 e. The van der Waals surface area contributed by atoms with Crippen molar-refractivity contribution in [2.24, 2.45) is 5.41 Å². The van der Waals surface area contributed by atoms with Crippen LogP contribution in [0.25, 0.3) is 0 Å². The number of thiazole rings is 1. The fourth-order valence-electron chi connectivity index (χ4n) is 4.26. The van der Waals surface area contributed by atoms with Crippen LogP contribution in [0.5, 0.6) is 5.88 Å². The maximum Gasteiger partial charge on any atom is 0.416 e. The highest BCUT2D eigenvalue weighted by atomic mass is 32.1. The molecule has 4 heterocycles. The number of pyridine rings is 1. The molecule has 4 rings (SSSR count). The van der Waals surface area contributed by atoms with E-state index >= 15 is 0 Å². The molecular formula is C24H31N5O4S. The molecule has 0 spiro atoms. The Bertz CT molecular complexity index is 981. The van der Waals surface area contributed by atoms with E-state index in [1.807, 2.05) is 31.5 Å². The van der Waals surface area contributed by atoms with E-state index in [0.717, 1.165) is 36.6 Å². The summed E-state index contributed by atoms with van der Waals surface area (Å²) in [6, 6.07) is 3.47. The number of carbonyl (C=O) groups is 3.